The molecule has 1 aromatic carbocycles. The quantitative estimate of drug-likeness (QED) is 0.464. The van der Waals surface area contributed by atoms with Crippen LogP contribution >= 0.6 is 0 Å². The molecule has 0 unspecified atom stereocenters. The summed E-state index contributed by atoms with van der Waals surface area (Å²) in [5, 5.41) is -1.02. The van der Waals surface area contributed by atoms with E-state index >= 15 is 0 Å². The molecule has 0 nitrogen and oxygen atoms in total. The molecule has 0 fully saturated rings. The van der Waals surface area contributed by atoms with Crippen molar-refractivity contribution in [3.8, 4) is 0 Å². The SMILES string of the molecule is [B]C(C)(C)c1cc(F)c(F)cc1F. The highest BCUT2D eigenvalue weighted by Gasteiger charge is 2.20. The van der Waals surface area contributed by atoms with Gasteiger partial charge in [0, 0.05) is 6.07 Å². The van der Waals surface area contributed by atoms with E-state index in [9.17, 15) is 13.2 Å². The normalized spacial score (nSPS) is 11.8. The second kappa shape index (κ2) is 3.09. The van der Waals surface area contributed by atoms with Crippen LogP contribution in [0.5, 0.6) is 0 Å². The molecule has 0 aliphatic heterocycles. The molecule has 0 atom stereocenters. The third-order valence-electron chi connectivity index (χ3n) is 1.70. The van der Waals surface area contributed by atoms with Crippen molar-refractivity contribution in [3.63, 3.8) is 0 Å². The maximum absolute atomic E-state index is 13.0. The fourth-order valence-electron chi connectivity index (χ4n) is 1.02. The smallest absolute Gasteiger partial charge is 0.161 e. The van der Waals surface area contributed by atoms with Crippen molar-refractivity contribution in [2.45, 2.75) is 19.2 Å². The van der Waals surface area contributed by atoms with Crippen LogP contribution in [0.3, 0.4) is 0 Å². The largest absolute Gasteiger partial charge is 0.207 e. The van der Waals surface area contributed by atoms with E-state index in [0.717, 1.165) is 6.07 Å². The van der Waals surface area contributed by atoms with Crippen molar-refractivity contribution in [2.75, 3.05) is 0 Å². The van der Waals surface area contributed by atoms with E-state index in [2.05, 4.69) is 0 Å². The Bertz CT molecular complexity index is 328. The zero-order valence-corrected chi connectivity index (χ0v) is 7.37. The van der Waals surface area contributed by atoms with Crippen LogP contribution in [0.25, 0.3) is 0 Å². The molecule has 0 saturated carbocycles. The second-order valence-electron chi connectivity index (χ2n) is 3.47. The molecule has 2 radical (unpaired) electrons. The average Bonchev–Trinajstić information content (AvgIpc) is 1.94. The van der Waals surface area contributed by atoms with Crippen LogP contribution in [-0.2, 0) is 5.31 Å². The molecule has 1 rings (SSSR count). The zero-order valence-electron chi connectivity index (χ0n) is 7.37. The molecule has 4 heteroatoms. The Morgan fingerprint density at radius 2 is 1.46 bits per heavy atom. The molecule has 13 heavy (non-hydrogen) atoms. The monoisotopic (exact) mass is 184 g/mol. The highest BCUT2D eigenvalue weighted by molar-refractivity contribution is 6.15. The first kappa shape index (κ1) is 10.2. The van der Waals surface area contributed by atoms with Crippen LogP contribution in [0.4, 0.5) is 13.2 Å². The van der Waals surface area contributed by atoms with Gasteiger partial charge in [-0.25, -0.2) is 13.2 Å². The number of benzene rings is 1. The molecule has 0 spiro atoms. The summed E-state index contributed by atoms with van der Waals surface area (Å²) in [5.41, 5.74) is -0.0357. The summed E-state index contributed by atoms with van der Waals surface area (Å²) < 4.78 is 38.2. The third kappa shape index (κ3) is 2.05. The van der Waals surface area contributed by atoms with Crippen molar-refractivity contribution in [1.29, 1.82) is 0 Å². The van der Waals surface area contributed by atoms with Gasteiger partial charge in [-0.05, 0) is 16.9 Å². The van der Waals surface area contributed by atoms with Crippen molar-refractivity contribution in [3.05, 3.63) is 35.1 Å². The molecule has 0 aliphatic carbocycles. The molecule has 0 heterocycles. The van der Waals surface area contributed by atoms with E-state index in [1.165, 1.54) is 13.8 Å². The zero-order chi connectivity index (χ0) is 10.2. The molecular weight excluding hydrogens is 176 g/mol. The number of rotatable bonds is 1. The van der Waals surface area contributed by atoms with Crippen molar-refractivity contribution in [2.24, 2.45) is 0 Å². The summed E-state index contributed by atoms with van der Waals surface area (Å²) in [5.74, 6) is -3.12. The predicted molar refractivity (Wildman–Crippen MR) is 45.1 cm³/mol. The van der Waals surface area contributed by atoms with E-state index in [0.29, 0.717) is 6.07 Å². The number of hydrogen-bond acceptors (Lipinski definition) is 0. The first-order chi connectivity index (χ1) is 5.82. The van der Waals surface area contributed by atoms with Crippen molar-refractivity contribution < 1.29 is 13.2 Å². The third-order valence-corrected chi connectivity index (χ3v) is 1.70. The first-order valence-electron chi connectivity index (χ1n) is 3.76. The highest BCUT2D eigenvalue weighted by Crippen LogP contribution is 2.24. The average molecular weight is 184 g/mol. The summed E-state index contributed by atoms with van der Waals surface area (Å²) >= 11 is 0. The first-order valence-corrected chi connectivity index (χ1v) is 3.76. The van der Waals surface area contributed by atoms with Gasteiger partial charge in [0.2, 0.25) is 0 Å². The van der Waals surface area contributed by atoms with Gasteiger partial charge in [-0.1, -0.05) is 13.8 Å². The molecule has 0 aromatic heterocycles. The fraction of sp³-hybridized carbons (Fsp3) is 0.333. The Hall–Kier alpha value is -0.925. The van der Waals surface area contributed by atoms with Gasteiger partial charge in [-0.3, -0.25) is 0 Å². The van der Waals surface area contributed by atoms with E-state index in [4.69, 9.17) is 7.85 Å². The van der Waals surface area contributed by atoms with Gasteiger partial charge in [0.05, 0.1) is 7.85 Å². The molecular formula is C9H8BF3. The molecule has 0 aliphatic rings. The Morgan fingerprint density at radius 1 is 1.00 bits per heavy atom. The van der Waals surface area contributed by atoms with Gasteiger partial charge in [-0.15, -0.1) is 0 Å². The van der Waals surface area contributed by atoms with Crippen molar-refractivity contribution in [1.82, 2.24) is 0 Å². The Balaban J connectivity index is 3.32. The van der Waals surface area contributed by atoms with Crippen LogP contribution in [0.1, 0.15) is 19.4 Å². The second-order valence-corrected chi connectivity index (χ2v) is 3.47. The summed E-state index contributed by atoms with van der Waals surface area (Å²) in [6.45, 7) is 3.03. The van der Waals surface area contributed by atoms with E-state index in [1.54, 1.807) is 0 Å². The van der Waals surface area contributed by atoms with E-state index in [1.807, 2.05) is 0 Å². The minimum Gasteiger partial charge on any atom is -0.207 e. The maximum Gasteiger partial charge on any atom is 0.161 e. The molecule has 0 bridgehead atoms. The topological polar surface area (TPSA) is 0 Å². The van der Waals surface area contributed by atoms with E-state index < -0.39 is 22.8 Å². The molecule has 68 valence electrons. The minimum atomic E-state index is -1.20. The fourth-order valence-corrected chi connectivity index (χ4v) is 1.02. The highest BCUT2D eigenvalue weighted by atomic mass is 19.2. The minimum absolute atomic E-state index is 0.0357. The maximum atomic E-state index is 13.0. The Morgan fingerprint density at radius 3 is 1.92 bits per heavy atom. The summed E-state index contributed by atoms with van der Waals surface area (Å²) in [6, 6.07) is 1.28. The number of halogens is 3. The molecule has 0 N–H and O–H groups in total. The Labute approximate surface area is 76.2 Å². The molecule has 0 amide bonds. The van der Waals surface area contributed by atoms with Crippen LogP contribution in [0.15, 0.2) is 12.1 Å². The van der Waals surface area contributed by atoms with Gasteiger partial charge in [0.1, 0.15) is 5.82 Å². The predicted octanol–water partition coefficient (Wildman–Crippen LogP) is 2.51. The van der Waals surface area contributed by atoms with Gasteiger partial charge in [0.25, 0.3) is 0 Å². The van der Waals surface area contributed by atoms with Crippen LogP contribution in [-0.4, -0.2) is 7.85 Å². The lowest BCUT2D eigenvalue weighted by Gasteiger charge is -2.20. The standard InChI is InChI=1S/C9H8BF3/c1-9(2,10)5-3-7(12)8(13)4-6(5)11/h3-4H,1-2H3. The van der Waals surface area contributed by atoms with E-state index in [-0.39, 0.29) is 5.56 Å². The lowest BCUT2D eigenvalue weighted by atomic mass is 9.67. The van der Waals surface area contributed by atoms with Gasteiger partial charge >= 0.3 is 0 Å². The van der Waals surface area contributed by atoms with Crippen LogP contribution < -0.4 is 0 Å². The molecule has 0 saturated heterocycles. The number of hydrogen-bond donors (Lipinski definition) is 0. The van der Waals surface area contributed by atoms with Crippen LogP contribution in [0.2, 0.25) is 0 Å². The van der Waals surface area contributed by atoms with Gasteiger partial charge in [0.15, 0.2) is 11.6 Å². The lowest BCUT2D eigenvalue weighted by Crippen LogP contribution is -2.19. The molecule has 1 aromatic rings. The summed E-state index contributed by atoms with van der Waals surface area (Å²) in [4.78, 5) is 0. The van der Waals surface area contributed by atoms with Gasteiger partial charge < -0.3 is 0 Å². The summed E-state index contributed by atoms with van der Waals surface area (Å²) in [7, 11) is 5.55. The van der Waals surface area contributed by atoms with Crippen molar-refractivity contribution >= 4 is 7.85 Å². The summed E-state index contributed by atoms with van der Waals surface area (Å²) in [6.07, 6.45) is 0. The lowest BCUT2D eigenvalue weighted by molar-refractivity contribution is 0.484. The van der Waals surface area contributed by atoms with Crippen LogP contribution in [0, 0.1) is 17.5 Å². The van der Waals surface area contributed by atoms with Gasteiger partial charge in [-0.2, -0.15) is 0 Å². The Kier molecular flexibility index (Phi) is 2.41.